The van der Waals surface area contributed by atoms with Crippen LogP contribution in [0.1, 0.15) is 75.5 Å². The fraction of sp³-hybridized carbons (Fsp3) is 0.439. The van der Waals surface area contributed by atoms with Gasteiger partial charge in [0.05, 0.1) is 19.2 Å². The monoisotopic (exact) mass is 1200 g/mol. The van der Waals surface area contributed by atoms with Crippen molar-refractivity contribution in [1.82, 2.24) is 42.5 Å². The number of aliphatic hydroxyl groups is 1. The predicted molar refractivity (Wildman–Crippen MR) is 322 cm³/mol. The Hall–Kier alpha value is -7.98. The van der Waals surface area contributed by atoms with E-state index < -0.39 is 125 Å². The molecule has 1 aliphatic rings. The Morgan fingerprint density at radius 1 is 0.738 bits per heavy atom. The fourth-order valence-electron chi connectivity index (χ4n) is 9.02. The van der Waals surface area contributed by atoms with Crippen LogP contribution >= 0.6 is 21.6 Å². The first-order valence-corrected chi connectivity index (χ1v) is 29.7. The third kappa shape index (κ3) is 20.7. The molecule has 27 heteroatoms. The van der Waals surface area contributed by atoms with Crippen LogP contribution in [0.3, 0.4) is 0 Å². The summed E-state index contributed by atoms with van der Waals surface area (Å²) in [6.07, 6.45) is 0.919. The number of benzene rings is 4. The number of aliphatic hydroxyl groups excluding tert-OH is 1. The smallest absolute Gasteiger partial charge is 0.245 e. The van der Waals surface area contributed by atoms with E-state index in [1.54, 1.807) is 69.3 Å². The van der Waals surface area contributed by atoms with E-state index in [1.165, 1.54) is 12.1 Å². The lowest BCUT2D eigenvalue weighted by atomic mass is 9.90. The molecule has 9 atom stereocenters. The van der Waals surface area contributed by atoms with Gasteiger partial charge in [0.25, 0.3) is 0 Å². The number of nitrogens with one attached hydrogen (secondary N) is 8. The molecule has 454 valence electrons. The van der Waals surface area contributed by atoms with Crippen molar-refractivity contribution in [2.24, 2.45) is 33.7 Å². The second kappa shape index (κ2) is 32.8. The molecule has 20 N–H and O–H groups in total. The lowest BCUT2D eigenvalue weighted by molar-refractivity contribution is -0.135. The van der Waals surface area contributed by atoms with E-state index in [9.17, 15) is 48.6 Å². The molecule has 0 radical (unpaired) electrons. The molecule has 1 fully saturated rings. The van der Waals surface area contributed by atoms with Crippen LogP contribution < -0.4 is 71.2 Å². The zero-order chi connectivity index (χ0) is 61.5. The maximum Gasteiger partial charge on any atom is 0.245 e. The summed E-state index contributed by atoms with van der Waals surface area (Å²) in [4.78, 5) is 131. The van der Waals surface area contributed by atoms with E-state index in [4.69, 9.17) is 28.7 Å². The maximum atomic E-state index is 15.1. The van der Waals surface area contributed by atoms with Crippen molar-refractivity contribution in [3.63, 3.8) is 0 Å². The average molecular weight is 1200 g/mol. The summed E-state index contributed by atoms with van der Waals surface area (Å²) in [5.74, 6) is -9.11. The topological polar surface area (TPSA) is 433 Å². The molecule has 0 spiro atoms. The molecule has 4 aromatic carbocycles. The number of nitrogens with zero attached hydrogens (tertiary/aromatic N) is 1. The van der Waals surface area contributed by atoms with Gasteiger partial charge >= 0.3 is 0 Å². The highest BCUT2D eigenvalue weighted by Crippen LogP contribution is 2.39. The molecule has 9 amide bonds. The highest BCUT2D eigenvalue weighted by molar-refractivity contribution is 8.77. The van der Waals surface area contributed by atoms with Crippen molar-refractivity contribution in [3.05, 3.63) is 114 Å². The van der Waals surface area contributed by atoms with E-state index in [-0.39, 0.29) is 62.7 Å². The summed E-state index contributed by atoms with van der Waals surface area (Å²) in [6, 6.07) is 16.2. The molecule has 5 rings (SSSR count). The van der Waals surface area contributed by atoms with Crippen LogP contribution in [0.4, 0.5) is 0 Å². The highest BCUT2D eigenvalue weighted by atomic mass is 33.1. The van der Waals surface area contributed by atoms with Gasteiger partial charge < -0.3 is 81.4 Å². The second-order valence-corrected chi connectivity index (χ2v) is 23.9. The van der Waals surface area contributed by atoms with Crippen molar-refractivity contribution < 1.29 is 53.4 Å². The highest BCUT2D eigenvalue weighted by Gasteiger charge is 2.42. The molecule has 0 bridgehead atoms. The van der Waals surface area contributed by atoms with Crippen molar-refractivity contribution in [3.8, 4) is 5.75 Å². The molecular formula is C57H78N14O11S2. The lowest BCUT2D eigenvalue weighted by Gasteiger charge is -2.35. The first kappa shape index (κ1) is 66.8. The summed E-state index contributed by atoms with van der Waals surface area (Å²) >= 11 is 0. The van der Waals surface area contributed by atoms with Crippen molar-refractivity contribution in [2.75, 3.05) is 32.0 Å². The maximum absolute atomic E-state index is 15.1. The lowest BCUT2D eigenvalue weighted by Crippen LogP contribution is -2.62. The number of phenolic OH excluding ortho intramolecular Hbond substituents is 1. The van der Waals surface area contributed by atoms with Gasteiger partial charge in [-0.15, -0.1) is 0 Å². The van der Waals surface area contributed by atoms with Gasteiger partial charge in [-0.05, 0) is 98.5 Å². The van der Waals surface area contributed by atoms with Gasteiger partial charge in [0.1, 0.15) is 48.0 Å². The van der Waals surface area contributed by atoms with E-state index in [0.29, 0.717) is 29.5 Å². The summed E-state index contributed by atoms with van der Waals surface area (Å²) in [6.45, 7) is 3.62. The average Bonchev–Trinajstić information content (AvgIpc) is 3.58. The molecule has 84 heavy (non-hydrogen) atoms. The number of aliphatic imine (C=N–C) groups is 1. The molecule has 0 aromatic heterocycles. The first-order chi connectivity index (χ1) is 40.0. The Balaban J connectivity index is 1.57. The fourth-order valence-corrected chi connectivity index (χ4v) is 11.8. The Morgan fingerprint density at radius 2 is 1.40 bits per heavy atom. The number of phenols is 1. The summed E-state index contributed by atoms with van der Waals surface area (Å²) in [7, 11) is 2.02. The van der Waals surface area contributed by atoms with Crippen LogP contribution in [-0.2, 0) is 56.0 Å². The molecule has 4 aromatic rings. The zero-order valence-corrected chi connectivity index (χ0v) is 48.8. The van der Waals surface area contributed by atoms with Crippen LogP contribution in [0.2, 0.25) is 0 Å². The zero-order valence-electron chi connectivity index (χ0n) is 47.1. The number of fused-ring (bicyclic) bond motifs is 1. The number of hydrogen-bond acceptors (Lipinski definition) is 16. The summed E-state index contributed by atoms with van der Waals surface area (Å²) in [5, 5.41) is 43.3. The summed E-state index contributed by atoms with van der Waals surface area (Å²) < 4.78 is -1.37. The minimum atomic E-state index is -1.67. The standard InChI is InChI=1S/C57H78N14O11S2/c1-32(36-21-20-35-14-7-8-15-37(35)28-36)46-54(81)64-29-45(74)65-43(30-72)52(79)68-42(27-33-12-5-4-6-13-33)51(78)69-44(53(80)67-41(16-9-10-24-58)50(77)66-40(48(60)75)17-11-25-63-56(61)62)31-83-84-57(2,3)47(55(82)70-46)71-49(76)39(59)26-34-18-22-38(73)23-19-34/h4-8,12-15,18-23,28,32,39-44,46-47,72-73H,9-11,16-17,24-27,29-31,58-59H2,1-3H3,(H2,60,75)(H,64,81)(H,65,74)(H,66,77)(H,67,80)(H,68,79)(H,69,78)(H,70,82)(H,71,76)(H4,61,62,63)/t32-,39+,40+,41+,42+,43+,44+,46+,47-/m1/s1. The SMILES string of the molecule is C[C@H](c1ccc2ccccc2c1)[C@@H]1NC(=O)[C@@H](NC(=O)[C@@H](N)Cc2ccc(O)cc2)C(C)(C)SSC[C@@H](C(=O)N[C@@H](CCCCN)C(=O)N[C@@H](CCCN=C(N)N)C(N)=O)NC(=O)[C@H](Cc2ccccc2)NC(=O)[C@H](CO)NC(=O)CNC1=O. The van der Waals surface area contributed by atoms with Gasteiger partial charge in [-0.2, -0.15) is 0 Å². The number of unbranched alkanes of at least 4 members (excludes halogenated alkanes) is 1. The number of aromatic hydroxyl groups is 1. The van der Waals surface area contributed by atoms with Crippen molar-refractivity contribution in [2.45, 2.75) is 125 Å². The number of guanidine groups is 1. The van der Waals surface area contributed by atoms with Crippen LogP contribution in [0.5, 0.6) is 5.75 Å². The number of hydrogen-bond donors (Lipinski definition) is 15. The van der Waals surface area contributed by atoms with Crippen LogP contribution in [0.25, 0.3) is 10.8 Å². The van der Waals surface area contributed by atoms with E-state index in [1.807, 2.05) is 36.4 Å². The van der Waals surface area contributed by atoms with Crippen molar-refractivity contribution >= 4 is 91.5 Å². The predicted octanol–water partition coefficient (Wildman–Crippen LogP) is -1.19. The molecule has 0 aliphatic carbocycles. The van der Waals surface area contributed by atoms with E-state index in [2.05, 4.69) is 47.5 Å². The number of rotatable bonds is 22. The minimum absolute atomic E-state index is 0.00723. The van der Waals surface area contributed by atoms with Gasteiger partial charge in [0.15, 0.2) is 5.96 Å². The molecule has 1 heterocycles. The Kier molecular flexibility index (Phi) is 26.1. The van der Waals surface area contributed by atoms with Gasteiger partial charge in [0.2, 0.25) is 53.2 Å². The van der Waals surface area contributed by atoms with Gasteiger partial charge in [0, 0.05) is 29.4 Å². The van der Waals surface area contributed by atoms with Gasteiger partial charge in [-0.25, -0.2) is 0 Å². The Bertz CT molecular complexity index is 2950. The molecule has 1 aliphatic heterocycles. The number of amides is 9. The quantitative estimate of drug-likeness (QED) is 0.0190. The van der Waals surface area contributed by atoms with Gasteiger partial charge in [-0.1, -0.05) is 113 Å². The Labute approximate surface area is 495 Å². The number of carbonyl (C=O) groups excluding carboxylic acids is 9. The Morgan fingerprint density at radius 3 is 2.07 bits per heavy atom. The largest absolute Gasteiger partial charge is 0.508 e. The van der Waals surface area contributed by atoms with Crippen LogP contribution in [0, 0.1) is 0 Å². The van der Waals surface area contributed by atoms with Crippen LogP contribution in [-0.4, -0.2) is 154 Å². The normalized spacial score (nSPS) is 20.6. The van der Waals surface area contributed by atoms with E-state index >= 15 is 4.79 Å². The number of primary amides is 1. The van der Waals surface area contributed by atoms with Gasteiger partial charge in [-0.3, -0.25) is 48.1 Å². The number of nitrogens with two attached hydrogens (primary N) is 5. The summed E-state index contributed by atoms with van der Waals surface area (Å²) in [5.41, 5.74) is 30.6. The van der Waals surface area contributed by atoms with Crippen molar-refractivity contribution in [1.29, 1.82) is 0 Å². The first-order valence-electron chi connectivity index (χ1n) is 27.4. The minimum Gasteiger partial charge on any atom is -0.508 e. The van der Waals surface area contributed by atoms with E-state index in [0.717, 1.165) is 32.4 Å². The molecule has 0 saturated carbocycles. The van der Waals surface area contributed by atoms with Crippen LogP contribution in [0.15, 0.2) is 102 Å². The third-order valence-corrected chi connectivity index (χ3v) is 17.2. The molecular weight excluding hydrogens is 1120 g/mol. The second-order valence-electron chi connectivity index (χ2n) is 20.9. The third-order valence-electron chi connectivity index (χ3n) is 13.9. The number of carbonyl (C=O) groups is 9. The molecule has 1 saturated heterocycles. The molecule has 0 unspecified atom stereocenters. The molecule has 25 nitrogen and oxygen atoms in total.